The van der Waals surface area contributed by atoms with Crippen LogP contribution in [-0.4, -0.2) is 45.2 Å². The van der Waals surface area contributed by atoms with E-state index in [0.29, 0.717) is 6.54 Å². The second-order valence-corrected chi connectivity index (χ2v) is 4.76. The fraction of sp³-hybridized carbons (Fsp3) is 0.571. The zero-order valence-electron chi connectivity index (χ0n) is 11.4. The predicted molar refractivity (Wildman–Crippen MR) is 75.5 cm³/mol. The highest BCUT2D eigenvalue weighted by Gasteiger charge is 2.06. The molecular weight excluding hydrogens is 229 g/mol. The lowest BCUT2D eigenvalue weighted by molar-refractivity contribution is 0.400. The van der Waals surface area contributed by atoms with E-state index in [-0.39, 0.29) is 5.82 Å². The first kappa shape index (κ1) is 14.9. The fourth-order valence-corrected chi connectivity index (χ4v) is 1.88. The molecule has 1 aromatic rings. The summed E-state index contributed by atoms with van der Waals surface area (Å²) in [6, 6.07) is 6.69. The first-order chi connectivity index (χ1) is 8.63. The van der Waals surface area contributed by atoms with E-state index in [1.807, 2.05) is 12.1 Å². The quantitative estimate of drug-likeness (QED) is 0.768. The first-order valence-electron chi connectivity index (χ1n) is 6.49. The van der Waals surface area contributed by atoms with Crippen LogP contribution in [0, 0.1) is 5.82 Å². The van der Waals surface area contributed by atoms with Gasteiger partial charge < -0.3 is 15.5 Å². The standard InChI is InChI=1S/C14H24FN3/c1-17(2)10-4-12-18(11-3-9-16)14-7-5-13(15)6-8-14/h5-8H,3-4,9-12,16H2,1-2H3. The Morgan fingerprint density at radius 1 is 1.00 bits per heavy atom. The Morgan fingerprint density at radius 3 is 2.17 bits per heavy atom. The lowest BCUT2D eigenvalue weighted by Gasteiger charge is -2.25. The van der Waals surface area contributed by atoms with Gasteiger partial charge in [-0.15, -0.1) is 0 Å². The van der Waals surface area contributed by atoms with Crippen LogP contribution < -0.4 is 10.6 Å². The first-order valence-corrected chi connectivity index (χ1v) is 6.49. The molecule has 102 valence electrons. The van der Waals surface area contributed by atoms with Crippen LogP contribution in [0.4, 0.5) is 10.1 Å². The van der Waals surface area contributed by atoms with Gasteiger partial charge in [0.15, 0.2) is 0 Å². The summed E-state index contributed by atoms with van der Waals surface area (Å²) in [5.74, 6) is -0.189. The highest BCUT2D eigenvalue weighted by atomic mass is 19.1. The van der Waals surface area contributed by atoms with Crippen LogP contribution in [0.2, 0.25) is 0 Å². The zero-order valence-corrected chi connectivity index (χ0v) is 11.4. The molecule has 0 heterocycles. The molecule has 0 spiro atoms. The average Bonchev–Trinajstić information content (AvgIpc) is 2.34. The van der Waals surface area contributed by atoms with E-state index in [1.165, 1.54) is 12.1 Å². The number of nitrogens with zero attached hydrogens (tertiary/aromatic N) is 2. The maximum atomic E-state index is 12.9. The van der Waals surface area contributed by atoms with Crippen LogP contribution in [0.1, 0.15) is 12.8 Å². The van der Waals surface area contributed by atoms with Crippen molar-refractivity contribution in [1.82, 2.24) is 4.90 Å². The molecule has 0 aromatic heterocycles. The highest BCUT2D eigenvalue weighted by molar-refractivity contribution is 5.46. The molecule has 0 bridgehead atoms. The summed E-state index contributed by atoms with van der Waals surface area (Å²) in [6.45, 7) is 3.64. The van der Waals surface area contributed by atoms with E-state index in [0.717, 1.165) is 38.2 Å². The van der Waals surface area contributed by atoms with E-state index in [1.54, 1.807) is 0 Å². The molecule has 0 aliphatic carbocycles. The van der Waals surface area contributed by atoms with Gasteiger partial charge in [0.25, 0.3) is 0 Å². The molecule has 0 amide bonds. The molecule has 0 saturated heterocycles. The Balaban J connectivity index is 2.56. The maximum absolute atomic E-state index is 12.9. The summed E-state index contributed by atoms with van der Waals surface area (Å²) >= 11 is 0. The van der Waals surface area contributed by atoms with Gasteiger partial charge in [0, 0.05) is 18.8 Å². The molecule has 1 rings (SSSR count). The number of hydrogen-bond donors (Lipinski definition) is 1. The Kier molecular flexibility index (Phi) is 6.68. The van der Waals surface area contributed by atoms with Crippen molar-refractivity contribution < 1.29 is 4.39 Å². The highest BCUT2D eigenvalue weighted by Crippen LogP contribution is 2.15. The van der Waals surface area contributed by atoms with E-state index in [2.05, 4.69) is 23.9 Å². The van der Waals surface area contributed by atoms with E-state index >= 15 is 0 Å². The van der Waals surface area contributed by atoms with Crippen molar-refractivity contribution in [3.63, 3.8) is 0 Å². The van der Waals surface area contributed by atoms with Crippen LogP contribution in [0.15, 0.2) is 24.3 Å². The van der Waals surface area contributed by atoms with Crippen molar-refractivity contribution in [2.45, 2.75) is 12.8 Å². The predicted octanol–water partition coefficient (Wildman–Crippen LogP) is 1.93. The van der Waals surface area contributed by atoms with Crippen molar-refractivity contribution in [2.75, 3.05) is 45.2 Å². The molecule has 0 aliphatic rings. The van der Waals surface area contributed by atoms with Crippen molar-refractivity contribution in [3.8, 4) is 0 Å². The van der Waals surface area contributed by atoms with Crippen LogP contribution in [0.5, 0.6) is 0 Å². The van der Waals surface area contributed by atoms with Gasteiger partial charge in [-0.25, -0.2) is 4.39 Å². The largest absolute Gasteiger partial charge is 0.371 e. The Labute approximate surface area is 109 Å². The van der Waals surface area contributed by atoms with Gasteiger partial charge in [0.05, 0.1) is 0 Å². The van der Waals surface area contributed by atoms with Crippen molar-refractivity contribution in [1.29, 1.82) is 0 Å². The van der Waals surface area contributed by atoms with Crippen LogP contribution in [-0.2, 0) is 0 Å². The monoisotopic (exact) mass is 253 g/mol. The molecule has 2 N–H and O–H groups in total. The third-order valence-corrected chi connectivity index (χ3v) is 2.86. The fourth-order valence-electron chi connectivity index (χ4n) is 1.88. The van der Waals surface area contributed by atoms with Crippen LogP contribution in [0.25, 0.3) is 0 Å². The number of rotatable bonds is 8. The lowest BCUT2D eigenvalue weighted by Crippen LogP contribution is -2.29. The third kappa shape index (κ3) is 5.47. The molecule has 0 aliphatic heterocycles. The number of anilines is 1. The second-order valence-electron chi connectivity index (χ2n) is 4.76. The number of nitrogens with two attached hydrogens (primary N) is 1. The van der Waals surface area contributed by atoms with Gasteiger partial charge in [0.1, 0.15) is 5.82 Å². The number of halogens is 1. The minimum absolute atomic E-state index is 0.189. The van der Waals surface area contributed by atoms with Crippen LogP contribution >= 0.6 is 0 Å². The third-order valence-electron chi connectivity index (χ3n) is 2.86. The molecule has 18 heavy (non-hydrogen) atoms. The summed E-state index contributed by atoms with van der Waals surface area (Å²) < 4.78 is 12.9. The van der Waals surface area contributed by atoms with Gasteiger partial charge in [-0.3, -0.25) is 0 Å². The second kappa shape index (κ2) is 8.06. The molecular formula is C14H24FN3. The molecule has 0 radical (unpaired) electrons. The van der Waals surface area contributed by atoms with Gasteiger partial charge in [-0.1, -0.05) is 0 Å². The smallest absolute Gasteiger partial charge is 0.123 e. The van der Waals surface area contributed by atoms with Crippen LogP contribution in [0.3, 0.4) is 0 Å². The number of benzene rings is 1. The van der Waals surface area contributed by atoms with Crippen molar-refractivity contribution >= 4 is 5.69 Å². The summed E-state index contributed by atoms with van der Waals surface area (Å²) in [5.41, 5.74) is 6.63. The van der Waals surface area contributed by atoms with E-state index in [9.17, 15) is 4.39 Å². The molecule has 4 heteroatoms. The average molecular weight is 253 g/mol. The van der Waals surface area contributed by atoms with Crippen molar-refractivity contribution in [2.24, 2.45) is 5.73 Å². The summed E-state index contributed by atoms with van der Waals surface area (Å²) in [5, 5.41) is 0. The molecule has 3 nitrogen and oxygen atoms in total. The zero-order chi connectivity index (χ0) is 13.4. The molecule has 0 saturated carbocycles. The van der Waals surface area contributed by atoms with Gasteiger partial charge in [0.2, 0.25) is 0 Å². The van der Waals surface area contributed by atoms with Gasteiger partial charge in [-0.2, -0.15) is 0 Å². The SMILES string of the molecule is CN(C)CCCN(CCCN)c1ccc(F)cc1. The molecule has 1 aromatic carbocycles. The molecule has 0 unspecified atom stereocenters. The van der Waals surface area contributed by atoms with Crippen molar-refractivity contribution in [3.05, 3.63) is 30.1 Å². The Hall–Kier alpha value is -1.13. The summed E-state index contributed by atoms with van der Waals surface area (Å²) in [7, 11) is 4.14. The normalized spacial score (nSPS) is 10.9. The Morgan fingerprint density at radius 2 is 1.61 bits per heavy atom. The van der Waals surface area contributed by atoms with E-state index in [4.69, 9.17) is 5.73 Å². The minimum Gasteiger partial charge on any atom is -0.371 e. The molecule has 0 atom stereocenters. The summed E-state index contributed by atoms with van der Waals surface area (Å²) in [4.78, 5) is 4.45. The van der Waals surface area contributed by atoms with E-state index < -0.39 is 0 Å². The minimum atomic E-state index is -0.189. The summed E-state index contributed by atoms with van der Waals surface area (Å²) in [6.07, 6.45) is 2.05. The number of hydrogen-bond acceptors (Lipinski definition) is 3. The topological polar surface area (TPSA) is 32.5 Å². The lowest BCUT2D eigenvalue weighted by atomic mass is 10.2. The van der Waals surface area contributed by atoms with Gasteiger partial charge in [-0.05, 0) is 64.3 Å². The molecule has 0 fully saturated rings. The maximum Gasteiger partial charge on any atom is 0.123 e. The Bertz CT molecular complexity index is 324. The van der Waals surface area contributed by atoms with Gasteiger partial charge >= 0.3 is 0 Å².